The van der Waals surface area contributed by atoms with Gasteiger partial charge in [-0.1, -0.05) is 6.08 Å². The molecule has 0 bridgehead atoms. The molecule has 186 valence electrons. The summed E-state index contributed by atoms with van der Waals surface area (Å²) in [4.78, 5) is 34.4. The maximum absolute atomic E-state index is 12.7. The minimum Gasteiger partial charge on any atom is -0.346 e. The van der Waals surface area contributed by atoms with Crippen molar-refractivity contribution >= 4 is 34.1 Å². The highest BCUT2D eigenvalue weighted by Crippen LogP contribution is 2.30. The monoisotopic (exact) mass is 494 g/mol. The third-order valence-corrected chi connectivity index (χ3v) is 5.78. The van der Waals surface area contributed by atoms with Crippen LogP contribution in [0.3, 0.4) is 0 Å². The average Bonchev–Trinajstić information content (AvgIpc) is 3.51. The number of hydrogen-bond acceptors (Lipinski definition) is 6. The molecule has 0 saturated carbocycles. The third kappa shape index (κ3) is 5.39. The van der Waals surface area contributed by atoms with Gasteiger partial charge in [-0.2, -0.15) is 14.8 Å². The Morgan fingerprint density at radius 3 is 2.70 bits per heavy atom. The summed E-state index contributed by atoms with van der Waals surface area (Å²) < 4.78 is 1.59. The molecule has 0 saturated heterocycles. The Morgan fingerprint density at radius 2 is 1.89 bits per heavy atom. The first-order chi connectivity index (χ1) is 18.0. The average molecular weight is 495 g/mol. The smallest absolute Gasteiger partial charge is 0.251 e. The number of benzene rings is 1. The molecule has 0 spiro atoms. The first-order valence-electron chi connectivity index (χ1n) is 11.7. The number of pyridine rings is 1. The molecule has 0 radical (unpaired) electrons. The van der Waals surface area contributed by atoms with Crippen LogP contribution >= 0.6 is 0 Å². The molecule has 3 N–H and O–H groups in total. The fraction of sp³-hybridized carbons (Fsp3) is 0.148. The predicted molar refractivity (Wildman–Crippen MR) is 142 cm³/mol. The standard InChI is InChI=1S/C27H26N8O2/c1-34(2)14-4-6-25(36)32-19-9-7-18(8-10-19)27(37)29-16-20-15-22-21(11-13-28-26(22)33-20)23-17-31-35-24(23)5-3-12-30-35/h3-13,15,17H,14,16H2,1-2H3,(H,28,33)(H,29,37)(H,32,36). The Kier molecular flexibility index (Phi) is 6.73. The van der Waals surface area contributed by atoms with Gasteiger partial charge in [-0.3, -0.25) is 9.59 Å². The quantitative estimate of drug-likeness (QED) is 0.285. The number of anilines is 1. The summed E-state index contributed by atoms with van der Waals surface area (Å²) in [6.07, 6.45) is 8.51. The van der Waals surface area contributed by atoms with Crippen molar-refractivity contribution in [3.05, 3.63) is 90.5 Å². The van der Waals surface area contributed by atoms with Gasteiger partial charge in [-0.15, -0.1) is 0 Å². The van der Waals surface area contributed by atoms with Crippen molar-refractivity contribution < 1.29 is 9.59 Å². The highest BCUT2D eigenvalue weighted by molar-refractivity contribution is 6.00. The minimum absolute atomic E-state index is 0.216. The predicted octanol–water partition coefficient (Wildman–Crippen LogP) is 3.26. The molecule has 0 unspecified atom stereocenters. The third-order valence-electron chi connectivity index (χ3n) is 5.78. The van der Waals surface area contributed by atoms with E-state index in [0.717, 1.165) is 33.4 Å². The molecule has 4 heterocycles. The van der Waals surface area contributed by atoms with E-state index in [1.165, 1.54) is 6.08 Å². The second-order valence-corrected chi connectivity index (χ2v) is 8.79. The number of carbonyl (C=O) groups excluding carboxylic acids is 2. The van der Waals surface area contributed by atoms with Crippen molar-refractivity contribution in [1.82, 2.24) is 35.0 Å². The number of carbonyl (C=O) groups is 2. The van der Waals surface area contributed by atoms with Crippen molar-refractivity contribution in [2.75, 3.05) is 26.0 Å². The van der Waals surface area contributed by atoms with Crippen molar-refractivity contribution in [2.24, 2.45) is 0 Å². The normalized spacial score (nSPS) is 11.5. The van der Waals surface area contributed by atoms with E-state index in [-0.39, 0.29) is 11.8 Å². The van der Waals surface area contributed by atoms with Crippen LogP contribution in [0.15, 0.2) is 79.3 Å². The van der Waals surface area contributed by atoms with E-state index in [4.69, 9.17) is 0 Å². The number of fused-ring (bicyclic) bond motifs is 2. The van der Waals surface area contributed by atoms with Gasteiger partial charge in [0, 0.05) is 52.9 Å². The number of H-pyrrole nitrogens is 1. The lowest BCUT2D eigenvalue weighted by Gasteiger charge is -2.06. The molecule has 5 aromatic rings. The second-order valence-electron chi connectivity index (χ2n) is 8.79. The lowest BCUT2D eigenvalue weighted by molar-refractivity contribution is -0.111. The summed E-state index contributed by atoms with van der Waals surface area (Å²) >= 11 is 0. The van der Waals surface area contributed by atoms with Gasteiger partial charge in [0.05, 0.1) is 18.3 Å². The summed E-state index contributed by atoms with van der Waals surface area (Å²) in [7, 11) is 3.86. The van der Waals surface area contributed by atoms with Crippen LogP contribution < -0.4 is 10.6 Å². The van der Waals surface area contributed by atoms with Gasteiger partial charge in [0.2, 0.25) is 5.91 Å². The van der Waals surface area contributed by atoms with E-state index in [1.54, 1.807) is 53.6 Å². The molecule has 5 rings (SSSR count). The van der Waals surface area contributed by atoms with Crippen LogP contribution in [-0.4, -0.2) is 62.1 Å². The molecule has 37 heavy (non-hydrogen) atoms. The zero-order valence-corrected chi connectivity index (χ0v) is 20.5. The van der Waals surface area contributed by atoms with Crippen LogP contribution in [0.1, 0.15) is 16.1 Å². The zero-order chi connectivity index (χ0) is 25.8. The Labute approximate surface area is 213 Å². The number of likely N-dealkylation sites (N-methyl/N-ethyl adjacent to an activating group) is 1. The van der Waals surface area contributed by atoms with Crippen LogP contribution in [0, 0.1) is 0 Å². The molecular formula is C27H26N8O2. The maximum atomic E-state index is 12.7. The lowest BCUT2D eigenvalue weighted by atomic mass is 10.1. The Morgan fingerprint density at radius 1 is 1.05 bits per heavy atom. The van der Waals surface area contributed by atoms with Gasteiger partial charge in [-0.05, 0) is 68.2 Å². The van der Waals surface area contributed by atoms with Crippen molar-refractivity contribution in [3.8, 4) is 11.1 Å². The number of hydrogen-bond donors (Lipinski definition) is 3. The second kappa shape index (κ2) is 10.4. The summed E-state index contributed by atoms with van der Waals surface area (Å²) in [5.41, 5.74) is 5.50. The van der Waals surface area contributed by atoms with Gasteiger partial charge in [0.25, 0.3) is 5.91 Å². The maximum Gasteiger partial charge on any atom is 0.251 e. The summed E-state index contributed by atoms with van der Waals surface area (Å²) in [5, 5.41) is 15.2. The molecule has 10 nitrogen and oxygen atoms in total. The van der Waals surface area contributed by atoms with Gasteiger partial charge in [0.15, 0.2) is 0 Å². The number of nitrogens with zero attached hydrogens (tertiary/aromatic N) is 5. The topological polar surface area (TPSA) is 120 Å². The Hall–Kier alpha value is -4.83. The molecule has 1 aromatic carbocycles. The van der Waals surface area contributed by atoms with Crippen LogP contribution in [0.5, 0.6) is 0 Å². The molecule has 0 atom stereocenters. The first kappa shape index (κ1) is 23.9. The number of aromatic nitrogens is 5. The van der Waals surface area contributed by atoms with Crippen LogP contribution in [0.4, 0.5) is 5.69 Å². The highest BCUT2D eigenvalue weighted by Gasteiger charge is 2.14. The first-order valence-corrected chi connectivity index (χ1v) is 11.7. The van der Waals surface area contributed by atoms with Gasteiger partial charge >= 0.3 is 0 Å². The van der Waals surface area contributed by atoms with Gasteiger partial charge < -0.3 is 20.5 Å². The molecule has 0 aliphatic heterocycles. The number of aromatic amines is 1. The molecule has 0 aliphatic carbocycles. The van der Waals surface area contributed by atoms with E-state index >= 15 is 0 Å². The van der Waals surface area contributed by atoms with E-state index in [1.807, 2.05) is 43.3 Å². The van der Waals surface area contributed by atoms with E-state index in [2.05, 4.69) is 30.8 Å². The van der Waals surface area contributed by atoms with Gasteiger partial charge in [-0.25, -0.2) is 4.98 Å². The Balaban J connectivity index is 1.25. The molecule has 10 heteroatoms. The van der Waals surface area contributed by atoms with E-state index in [0.29, 0.717) is 24.3 Å². The number of nitrogens with one attached hydrogen (secondary N) is 3. The van der Waals surface area contributed by atoms with Gasteiger partial charge in [0.1, 0.15) is 5.65 Å². The van der Waals surface area contributed by atoms with Crippen molar-refractivity contribution in [3.63, 3.8) is 0 Å². The fourth-order valence-corrected chi connectivity index (χ4v) is 3.99. The molecule has 0 fully saturated rings. The van der Waals surface area contributed by atoms with E-state index in [9.17, 15) is 9.59 Å². The summed E-state index contributed by atoms with van der Waals surface area (Å²) in [6.45, 7) is 0.985. The lowest BCUT2D eigenvalue weighted by Crippen LogP contribution is -2.22. The molecule has 4 aromatic heterocycles. The van der Waals surface area contributed by atoms with Crippen LogP contribution in [0.2, 0.25) is 0 Å². The van der Waals surface area contributed by atoms with Crippen LogP contribution in [0.25, 0.3) is 27.7 Å². The Bertz CT molecular complexity index is 1600. The van der Waals surface area contributed by atoms with Crippen LogP contribution in [-0.2, 0) is 11.3 Å². The fourth-order valence-electron chi connectivity index (χ4n) is 3.99. The number of rotatable bonds is 8. The molecular weight excluding hydrogens is 468 g/mol. The summed E-state index contributed by atoms with van der Waals surface area (Å²) in [6, 6.07) is 14.5. The highest BCUT2D eigenvalue weighted by atomic mass is 16.2. The number of amides is 2. The molecule has 0 aliphatic rings. The summed E-state index contributed by atoms with van der Waals surface area (Å²) in [5.74, 6) is -0.435. The van der Waals surface area contributed by atoms with Crippen molar-refractivity contribution in [1.29, 1.82) is 0 Å². The minimum atomic E-state index is -0.218. The zero-order valence-electron chi connectivity index (χ0n) is 20.5. The SMILES string of the molecule is CN(C)CC=CC(=O)Nc1ccc(C(=O)NCc2cc3c(-c4cnn5ncccc45)ccnc3[nH]2)cc1. The van der Waals surface area contributed by atoms with Crippen molar-refractivity contribution in [2.45, 2.75) is 6.54 Å². The van der Waals surface area contributed by atoms with E-state index < -0.39 is 0 Å². The molecule has 2 amide bonds. The largest absolute Gasteiger partial charge is 0.346 e.